The average Bonchev–Trinajstić information content (AvgIpc) is 2.92. The first kappa shape index (κ1) is 14.3. The number of aromatic nitrogens is 3. The molecule has 7 heteroatoms. The van der Waals surface area contributed by atoms with Gasteiger partial charge in [0.25, 0.3) is 0 Å². The zero-order valence-corrected chi connectivity index (χ0v) is 11.8. The first-order chi connectivity index (χ1) is 9.69. The number of hydrogen-bond acceptors (Lipinski definition) is 4. The summed E-state index contributed by atoms with van der Waals surface area (Å²) in [6.07, 6.45) is 4.88. The second kappa shape index (κ2) is 6.91. The molecular weight excluding hydrogens is 280 g/mol. The van der Waals surface area contributed by atoms with E-state index < -0.39 is 6.09 Å². The molecule has 0 unspecified atom stereocenters. The Kier molecular flexibility index (Phi) is 4.95. The van der Waals surface area contributed by atoms with Crippen LogP contribution in [0.1, 0.15) is 12.0 Å². The van der Waals surface area contributed by atoms with Crippen molar-refractivity contribution in [3.05, 3.63) is 41.3 Å². The number of hydrogen-bond donors (Lipinski definition) is 1. The van der Waals surface area contributed by atoms with Gasteiger partial charge in [-0.2, -0.15) is 5.10 Å². The van der Waals surface area contributed by atoms with Crippen molar-refractivity contribution in [3.63, 3.8) is 0 Å². The molecule has 2 aromatic heterocycles. The Bertz CT molecular complexity index is 585. The van der Waals surface area contributed by atoms with E-state index in [0.29, 0.717) is 17.5 Å². The lowest BCUT2D eigenvalue weighted by Crippen LogP contribution is -2.24. The van der Waals surface area contributed by atoms with Gasteiger partial charge in [0.05, 0.1) is 13.3 Å². The lowest BCUT2D eigenvalue weighted by atomic mass is 10.2. The van der Waals surface area contributed by atoms with Crippen LogP contribution in [0.15, 0.2) is 30.6 Å². The van der Waals surface area contributed by atoms with Crippen LogP contribution < -0.4 is 5.32 Å². The number of carbonyl (C=O) groups is 1. The molecule has 0 bridgehead atoms. The molecule has 2 rings (SSSR count). The predicted octanol–water partition coefficient (Wildman–Crippen LogP) is 2.21. The summed E-state index contributed by atoms with van der Waals surface area (Å²) in [6, 6.07) is 5.38. The molecule has 0 aliphatic carbocycles. The summed E-state index contributed by atoms with van der Waals surface area (Å²) in [4.78, 5) is 15.1. The molecule has 0 saturated carbocycles. The van der Waals surface area contributed by atoms with Crippen LogP contribution in [0.4, 0.5) is 4.79 Å². The van der Waals surface area contributed by atoms with E-state index >= 15 is 0 Å². The van der Waals surface area contributed by atoms with Crippen LogP contribution in [0.25, 0.3) is 5.82 Å². The van der Waals surface area contributed by atoms with E-state index in [9.17, 15) is 4.79 Å². The third-order valence-corrected chi connectivity index (χ3v) is 2.88. The number of aryl methyl sites for hydroxylation is 1. The fourth-order valence-electron chi connectivity index (χ4n) is 1.69. The lowest BCUT2D eigenvalue weighted by Gasteiger charge is -2.02. The molecule has 0 aliphatic heterocycles. The molecule has 2 heterocycles. The van der Waals surface area contributed by atoms with E-state index in [1.807, 2.05) is 18.3 Å². The van der Waals surface area contributed by atoms with E-state index in [2.05, 4.69) is 20.1 Å². The van der Waals surface area contributed by atoms with Crippen LogP contribution in [0, 0.1) is 0 Å². The van der Waals surface area contributed by atoms with Crippen molar-refractivity contribution in [3.8, 4) is 5.82 Å². The molecule has 0 aromatic carbocycles. The summed E-state index contributed by atoms with van der Waals surface area (Å²) in [7, 11) is 1.34. The fourth-order valence-corrected chi connectivity index (χ4v) is 1.85. The normalized spacial score (nSPS) is 10.3. The number of carbonyl (C=O) groups excluding carboxylic acids is 1. The van der Waals surface area contributed by atoms with Gasteiger partial charge in [0, 0.05) is 12.7 Å². The predicted molar refractivity (Wildman–Crippen MR) is 75.1 cm³/mol. The van der Waals surface area contributed by atoms with Crippen molar-refractivity contribution in [1.82, 2.24) is 20.1 Å². The molecule has 6 nitrogen and oxygen atoms in total. The largest absolute Gasteiger partial charge is 0.453 e. The van der Waals surface area contributed by atoms with Gasteiger partial charge in [0.2, 0.25) is 0 Å². The average molecular weight is 295 g/mol. The van der Waals surface area contributed by atoms with Crippen molar-refractivity contribution in [1.29, 1.82) is 0 Å². The second-order valence-corrected chi connectivity index (χ2v) is 4.52. The lowest BCUT2D eigenvalue weighted by molar-refractivity contribution is 0.171. The smallest absolute Gasteiger partial charge is 0.406 e. The number of amides is 1. The third-order valence-electron chi connectivity index (χ3n) is 2.67. The van der Waals surface area contributed by atoms with E-state index in [0.717, 1.165) is 18.4 Å². The summed E-state index contributed by atoms with van der Waals surface area (Å²) in [5.41, 5.74) is 1.07. The molecule has 0 atom stereocenters. The Morgan fingerprint density at radius 2 is 2.35 bits per heavy atom. The fraction of sp³-hybridized carbons (Fsp3) is 0.308. The summed E-state index contributed by atoms with van der Waals surface area (Å²) < 4.78 is 6.16. The number of nitrogens with one attached hydrogen (secondary N) is 1. The van der Waals surface area contributed by atoms with Crippen LogP contribution in [-0.4, -0.2) is 34.5 Å². The summed E-state index contributed by atoms with van der Waals surface area (Å²) in [5.74, 6) is 0.677. The van der Waals surface area contributed by atoms with Crippen molar-refractivity contribution in [2.45, 2.75) is 12.8 Å². The van der Waals surface area contributed by atoms with Crippen molar-refractivity contribution < 1.29 is 9.53 Å². The molecule has 0 saturated heterocycles. The molecule has 1 amide bonds. The highest BCUT2D eigenvalue weighted by molar-refractivity contribution is 6.29. The second-order valence-electron chi connectivity index (χ2n) is 4.13. The van der Waals surface area contributed by atoms with Gasteiger partial charge in [-0.1, -0.05) is 17.7 Å². The first-order valence-electron chi connectivity index (χ1n) is 6.17. The van der Waals surface area contributed by atoms with Gasteiger partial charge >= 0.3 is 6.09 Å². The number of pyridine rings is 1. The van der Waals surface area contributed by atoms with E-state index in [1.165, 1.54) is 7.11 Å². The number of halogens is 1. The maximum atomic E-state index is 10.9. The van der Waals surface area contributed by atoms with Crippen molar-refractivity contribution in [2.24, 2.45) is 0 Å². The van der Waals surface area contributed by atoms with Gasteiger partial charge in [-0.05, 0) is 30.5 Å². The minimum atomic E-state index is -0.413. The molecule has 0 spiro atoms. The van der Waals surface area contributed by atoms with Crippen LogP contribution in [-0.2, 0) is 11.2 Å². The van der Waals surface area contributed by atoms with Crippen molar-refractivity contribution in [2.75, 3.05) is 13.7 Å². The monoisotopic (exact) mass is 294 g/mol. The van der Waals surface area contributed by atoms with E-state index in [4.69, 9.17) is 11.6 Å². The number of rotatable bonds is 5. The van der Waals surface area contributed by atoms with Crippen LogP contribution in [0.5, 0.6) is 0 Å². The van der Waals surface area contributed by atoms with Gasteiger partial charge in [0.1, 0.15) is 5.15 Å². The molecular formula is C13H15ClN4O2. The summed E-state index contributed by atoms with van der Waals surface area (Å²) in [5, 5.41) is 7.30. The minimum Gasteiger partial charge on any atom is -0.453 e. The van der Waals surface area contributed by atoms with Crippen LogP contribution in [0.2, 0.25) is 5.15 Å². The summed E-state index contributed by atoms with van der Waals surface area (Å²) >= 11 is 5.84. The Hall–Kier alpha value is -2.08. The number of ether oxygens (including phenoxy) is 1. The van der Waals surface area contributed by atoms with Crippen LogP contribution in [0.3, 0.4) is 0 Å². The topological polar surface area (TPSA) is 69.0 Å². The van der Waals surface area contributed by atoms with Gasteiger partial charge in [-0.15, -0.1) is 0 Å². The summed E-state index contributed by atoms with van der Waals surface area (Å²) in [6.45, 7) is 0.563. The number of nitrogens with zero attached hydrogens (tertiary/aromatic N) is 3. The van der Waals surface area contributed by atoms with E-state index in [1.54, 1.807) is 16.9 Å². The molecule has 0 radical (unpaired) electrons. The third kappa shape index (κ3) is 3.96. The molecule has 0 aliphatic rings. The Labute approximate surface area is 121 Å². The highest BCUT2D eigenvalue weighted by Crippen LogP contribution is 2.10. The zero-order valence-electron chi connectivity index (χ0n) is 11.0. The highest BCUT2D eigenvalue weighted by atomic mass is 35.5. The van der Waals surface area contributed by atoms with Gasteiger partial charge in [-0.3, -0.25) is 0 Å². The van der Waals surface area contributed by atoms with Gasteiger partial charge < -0.3 is 10.1 Å². The SMILES string of the molecule is COC(=O)NCCCc1cnn(-c2cccc(Cl)n2)c1. The quantitative estimate of drug-likeness (QED) is 0.678. The molecule has 106 valence electrons. The first-order valence-corrected chi connectivity index (χ1v) is 6.55. The van der Waals surface area contributed by atoms with E-state index in [-0.39, 0.29) is 0 Å². The van der Waals surface area contributed by atoms with Gasteiger partial charge in [0.15, 0.2) is 5.82 Å². The molecule has 2 aromatic rings. The van der Waals surface area contributed by atoms with Crippen LogP contribution >= 0.6 is 11.6 Å². The molecule has 20 heavy (non-hydrogen) atoms. The maximum Gasteiger partial charge on any atom is 0.406 e. The van der Waals surface area contributed by atoms with Crippen molar-refractivity contribution >= 4 is 17.7 Å². The van der Waals surface area contributed by atoms with Gasteiger partial charge in [-0.25, -0.2) is 14.5 Å². The number of alkyl carbamates (subject to hydrolysis) is 1. The molecule has 0 fully saturated rings. The minimum absolute atomic E-state index is 0.413. The zero-order chi connectivity index (χ0) is 14.4. The molecule has 1 N–H and O–H groups in total. The standard InChI is InChI=1S/C13H15ClN4O2/c1-20-13(19)15-7-3-4-10-8-16-18(9-10)12-6-2-5-11(14)17-12/h2,5-6,8-9H,3-4,7H2,1H3,(H,15,19). The highest BCUT2D eigenvalue weighted by Gasteiger charge is 2.03. The Morgan fingerprint density at radius 1 is 1.50 bits per heavy atom. The Balaban J connectivity index is 1.88. The maximum absolute atomic E-state index is 10.9. The Morgan fingerprint density at radius 3 is 3.10 bits per heavy atom. The number of methoxy groups -OCH3 is 1.